The van der Waals surface area contributed by atoms with Crippen LogP contribution in [-0.4, -0.2) is 11.8 Å². The third kappa shape index (κ3) is 1.05. The van der Waals surface area contributed by atoms with Crippen LogP contribution in [-0.2, 0) is 14.3 Å². The van der Waals surface area contributed by atoms with Crippen molar-refractivity contribution in [2.45, 2.75) is 12.8 Å². The smallest absolute Gasteiger partial charge is 0.307 e. The highest BCUT2D eigenvalue weighted by Crippen LogP contribution is 2.04. The van der Waals surface area contributed by atoms with Crippen LogP contribution in [0.2, 0.25) is 0 Å². The predicted octanol–water partition coefficient (Wildman–Crippen LogP) is 0.0543. The molecular formula is C5H5O3. The molecule has 1 fully saturated rings. The molecule has 0 saturated carbocycles. The van der Waals surface area contributed by atoms with Gasteiger partial charge in [-0.3, -0.25) is 9.59 Å². The zero-order valence-electron chi connectivity index (χ0n) is 4.22. The van der Waals surface area contributed by atoms with Crippen LogP contribution in [0.15, 0.2) is 0 Å². The second-order valence-corrected chi connectivity index (χ2v) is 1.57. The van der Waals surface area contributed by atoms with Gasteiger partial charge in [-0.2, -0.15) is 0 Å². The van der Waals surface area contributed by atoms with E-state index in [-0.39, 0.29) is 18.2 Å². The number of ether oxygens (including phenoxy) is 1. The van der Waals surface area contributed by atoms with E-state index in [9.17, 15) is 9.59 Å². The quantitative estimate of drug-likeness (QED) is 0.417. The summed E-state index contributed by atoms with van der Waals surface area (Å²) >= 11 is 0. The van der Waals surface area contributed by atoms with E-state index in [0.29, 0.717) is 6.42 Å². The number of ketones is 1. The van der Waals surface area contributed by atoms with E-state index < -0.39 is 0 Å². The first-order valence-corrected chi connectivity index (χ1v) is 2.34. The number of carbonyl (C=O) groups is 2. The molecule has 0 N–H and O–H groups in total. The molecule has 0 aliphatic carbocycles. The molecule has 0 bridgehead atoms. The minimum absolute atomic E-state index is 0.107. The van der Waals surface area contributed by atoms with E-state index in [1.165, 1.54) is 0 Å². The Bertz CT molecular complexity index is 99.6. The fourth-order valence-corrected chi connectivity index (χ4v) is 0.475. The Morgan fingerprint density at radius 1 is 1.38 bits per heavy atom. The summed E-state index contributed by atoms with van der Waals surface area (Å²) in [5, 5.41) is 0. The van der Waals surface area contributed by atoms with Crippen molar-refractivity contribution >= 4 is 11.8 Å². The van der Waals surface area contributed by atoms with Crippen LogP contribution in [0.3, 0.4) is 0 Å². The molecule has 1 rings (SSSR count). The molecule has 1 saturated heterocycles. The van der Waals surface area contributed by atoms with Crippen molar-refractivity contribution in [2.24, 2.45) is 0 Å². The lowest BCUT2D eigenvalue weighted by Crippen LogP contribution is -2.16. The van der Waals surface area contributed by atoms with Crippen LogP contribution in [0.4, 0.5) is 0 Å². The Morgan fingerprint density at radius 3 is 2.50 bits per heavy atom. The number of carbonyl (C=O) groups excluding carboxylic acids is 2. The average molecular weight is 113 g/mol. The number of hydrogen-bond donors (Lipinski definition) is 0. The Morgan fingerprint density at radius 2 is 2.12 bits per heavy atom. The summed E-state index contributed by atoms with van der Waals surface area (Å²) < 4.78 is 4.28. The van der Waals surface area contributed by atoms with Gasteiger partial charge >= 0.3 is 5.97 Å². The Balaban J connectivity index is 2.40. The van der Waals surface area contributed by atoms with E-state index in [4.69, 9.17) is 0 Å². The molecule has 1 heterocycles. The minimum Gasteiger partial charge on any atom is -0.450 e. The largest absolute Gasteiger partial charge is 0.450 e. The summed E-state index contributed by atoms with van der Waals surface area (Å²) in [7, 11) is 0. The molecule has 0 unspecified atom stereocenters. The molecule has 0 aromatic carbocycles. The first-order chi connectivity index (χ1) is 3.79. The third-order valence-electron chi connectivity index (χ3n) is 0.897. The van der Waals surface area contributed by atoms with Gasteiger partial charge in [0.1, 0.15) is 0 Å². The number of cyclic esters (lactones) is 1. The molecule has 0 aromatic rings. The van der Waals surface area contributed by atoms with Gasteiger partial charge in [0.05, 0.1) is 6.42 Å². The van der Waals surface area contributed by atoms with Crippen molar-refractivity contribution in [1.82, 2.24) is 0 Å². The lowest BCUT2D eigenvalue weighted by atomic mass is 10.2. The monoisotopic (exact) mass is 113 g/mol. The summed E-state index contributed by atoms with van der Waals surface area (Å²) in [6.07, 6.45) is 0.536. The second kappa shape index (κ2) is 1.94. The first kappa shape index (κ1) is 5.28. The van der Waals surface area contributed by atoms with E-state index in [1.54, 1.807) is 0 Å². The maximum atomic E-state index is 10.3. The van der Waals surface area contributed by atoms with E-state index >= 15 is 0 Å². The average Bonchev–Trinajstić information content (AvgIpc) is 1.77. The molecule has 3 nitrogen and oxygen atoms in total. The molecule has 8 heavy (non-hydrogen) atoms. The number of hydrogen-bond acceptors (Lipinski definition) is 3. The summed E-state index contributed by atoms with van der Waals surface area (Å²) in [6.45, 7) is 0.964. The highest BCUT2D eigenvalue weighted by atomic mass is 16.5. The third-order valence-corrected chi connectivity index (χ3v) is 0.897. The fraction of sp³-hybridized carbons (Fsp3) is 0.400. The number of esters is 1. The Kier molecular flexibility index (Phi) is 1.28. The summed E-state index contributed by atoms with van der Waals surface area (Å²) in [6, 6.07) is 0. The van der Waals surface area contributed by atoms with Crippen LogP contribution in [0, 0.1) is 6.61 Å². The van der Waals surface area contributed by atoms with Gasteiger partial charge in [0.2, 0.25) is 6.61 Å². The maximum absolute atomic E-state index is 10.3. The standard InChI is InChI=1S/C5H5O3/c6-4-1-2-5(7)8-3-4/h3H,1-2H2. The fourth-order valence-electron chi connectivity index (χ4n) is 0.475. The van der Waals surface area contributed by atoms with Crippen LogP contribution >= 0.6 is 0 Å². The van der Waals surface area contributed by atoms with Crippen molar-refractivity contribution < 1.29 is 14.3 Å². The molecule has 1 aliphatic rings. The van der Waals surface area contributed by atoms with Gasteiger partial charge in [-0.25, -0.2) is 0 Å². The zero-order chi connectivity index (χ0) is 5.98. The van der Waals surface area contributed by atoms with Crippen LogP contribution in [0.1, 0.15) is 12.8 Å². The Labute approximate surface area is 46.6 Å². The highest BCUT2D eigenvalue weighted by Gasteiger charge is 2.16. The van der Waals surface area contributed by atoms with Gasteiger partial charge in [0.25, 0.3) is 0 Å². The number of rotatable bonds is 0. The summed E-state index contributed by atoms with van der Waals surface area (Å²) in [4.78, 5) is 20.5. The van der Waals surface area contributed by atoms with Gasteiger partial charge in [-0.1, -0.05) is 0 Å². The lowest BCUT2D eigenvalue weighted by molar-refractivity contribution is -0.147. The van der Waals surface area contributed by atoms with Crippen molar-refractivity contribution in [2.75, 3.05) is 0 Å². The van der Waals surface area contributed by atoms with Gasteiger partial charge < -0.3 is 4.74 Å². The lowest BCUT2D eigenvalue weighted by Gasteiger charge is -2.06. The van der Waals surface area contributed by atoms with E-state index in [0.717, 1.165) is 6.61 Å². The van der Waals surface area contributed by atoms with Crippen LogP contribution < -0.4 is 0 Å². The second-order valence-electron chi connectivity index (χ2n) is 1.57. The van der Waals surface area contributed by atoms with Gasteiger partial charge in [-0.05, 0) is 0 Å². The molecule has 43 valence electrons. The highest BCUT2D eigenvalue weighted by molar-refractivity contribution is 5.93. The van der Waals surface area contributed by atoms with Crippen LogP contribution in [0.5, 0.6) is 0 Å². The van der Waals surface area contributed by atoms with Crippen molar-refractivity contribution in [3.05, 3.63) is 6.61 Å². The van der Waals surface area contributed by atoms with Crippen molar-refractivity contribution in [1.29, 1.82) is 0 Å². The van der Waals surface area contributed by atoms with Gasteiger partial charge in [0.15, 0.2) is 5.78 Å². The molecule has 0 aromatic heterocycles. The Hall–Kier alpha value is -0.860. The van der Waals surface area contributed by atoms with E-state index in [1.807, 2.05) is 0 Å². The molecule has 1 aliphatic heterocycles. The van der Waals surface area contributed by atoms with E-state index in [2.05, 4.69) is 4.74 Å². The predicted molar refractivity (Wildman–Crippen MR) is 24.6 cm³/mol. The molecule has 3 heteroatoms. The SMILES string of the molecule is O=C1[CH]OC(=O)CC1. The topological polar surface area (TPSA) is 43.4 Å². The summed E-state index contributed by atoms with van der Waals surface area (Å²) in [5.74, 6) is -0.422. The first-order valence-electron chi connectivity index (χ1n) is 2.34. The molecule has 0 amide bonds. The van der Waals surface area contributed by atoms with Crippen LogP contribution in [0.25, 0.3) is 0 Å². The van der Waals surface area contributed by atoms with Gasteiger partial charge in [-0.15, -0.1) is 0 Å². The molecule has 0 atom stereocenters. The van der Waals surface area contributed by atoms with Gasteiger partial charge in [0, 0.05) is 6.42 Å². The molecule has 0 spiro atoms. The summed E-state index contributed by atoms with van der Waals surface area (Å²) in [5.41, 5.74) is 0. The molecular weight excluding hydrogens is 108 g/mol. The minimum atomic E-state index is -0.315. The van der Waals surface area contributed by atoms with Crippen molar-refractivity contribution in [3.63, 3.8) is 0 Å². The van der Waals surface area contributed by atoms with Crippen molar-refractivity contribution in [3.8, 4) is 0 Å². The maximum Gasteiger partial charge on any atom is 0.307 e. The number of Topliss-reactive ketones (excluding diaryl/α,β-unsaturated/α-hetero) is 1. The zero-order valence-corrected chi connectivity index (χ0v) is 4.22. The molecule has 1 radical (unpaired) electrons. The normalized spacial score (nSPS) is 20.5.